The van der Waals surface area contributed by atoms with Gasteiger partial charge in [0, 0.05) is 11.5 Å². The number of para-hydroxylation sites is 2. The number of rotatable bonds is 5. The van der Waals surface area contributed by atoms with Crippen LogP contribution in [-0.4, -0.2) is 35.3 Å². The maximum Gasteiger partial charge on any atom is 0.416 e. The number of carbonyl (C=O) groups excluding carboxylic acids is 4. The van der Waals surface area contributed by atoms with Gasteiger partial charge in [0.15, 0.2) is 11.5 Å². The Morgan fingerprint density at radius 1 is 0.804 bits per heavy atom. The fraction of sp³-hybridized carbons (Fsp3) is 0.351. The molecule has 4 aliphatic rings. The second kappa shape index (κ2) is 11.7. The number of benzene rings is 3. The molecule has 8 nitrogen and oxygen atoms in total. The van der Waals surface area contributed by atoms with Gasteiger partial charge < -0.3 is 9.84 Å². The normalized spacial score (nSPS) is 27.7. The molecule has 14 heteroatoms. The molecule has 2 saturated heterocycles. The summed E-state index contributed by atoms with van der Waals surface area (Å²) in [5.74, 6) is -8.83. The Hall–Kier alpha value is -5.14. The number of phenolic OH excluding ortho intramolecular Hbond substituents is 1. The summed E-state index contributed by atoms with van der Waals surface area (Å²) < 4.78 is 88.3. The van der Waals surface area contributed by atoms with Crippen LogP contribution in [0.3, 0.4) is 0 Å². The van der Waals surface area contributed by atoms with Gasteiger partial charge in [-0.15, -0.1) is 0 Å². The summed E-state index contributed by atoms with van der Waals surface area (Å²) in [6.45, 7) is 3.50. The molecule has 7 rings (SSSR count). The predicted octanol–water partition coefficient (Wildman–Crippen LogP) is 7.26. The smallest absolute Gasteiger partial charge is 0.416 e. The number of fused-ring (bicyclic) bond motifs is 4. The van der Waals surface area contributed by atoms with Gasteiger partial charge in [-0.3, -0.25) is 19.2 Å². The van der Waals surface area contributed by atoms with Crippen LogP contribution in [0.2, 0.25) is 0 Å². The predicted molar refractivity (Wildman–Crippen MR) is 169 cm³/mol. The van der Waals surface area contributed by atoms with Crippen LogP contribution in [0.1, 0.15) is 49.3 Å². The number of ether oxygens (including phenoxy) is 1. The molecule has 4 amide bonds. The number of alkyl halides is 6. The highest BCUT2D eigenvalue weighted by Crippen LogP contribution is 2.65. The largest absolute Gasteiger partial charge is 0.504 e. The van der Waals surface area contributed by atoms with Crippen molar-refractivity contribution in [3.63, 3.8) is 0 Å². The molecule has 3 aromatic carbocycles. The van der Waals surface area contributed by atoms with E-state index in [1.54, 1.807) is 62.4 Å². The Balaban J connectivity index is 1.37. The van der Waals surface area contributed by atoms with Crippen LogP contribution >= 0.6 is 0 Å². The van der Waals surface area contributed by atoms with Crippen molar-refractivity contribution in [3.05, 3.63) is 95.1 Å². The summed E-state index contributed by atoms with van der Waals surface area (Å²) in [4.78, 5) is 58.3. The average Bonchev–Trinajstić information content (AvgIpc) is 3.45. The van der Waals surface area contributed by atoms with E-state index in [4.69, 9.17) is 4.74 Å². The highest BCUT2D eigenvalue weighted by molar-refractivity contribution is 6.25. The van der Waals surface area contributed by atoms with Crippen molar-refractivity contribution in [1.82, 2.24) is 0 Å². The molecule has 1 N–H and O–H groups in total. The number of hydrogen-bond acceptors (Lipinski definition) is 6. The second-order valence-corrected chi connectivity index (χ2v) is 13.4. The molecule has 266 valence electrons. The van der Waals surface area contributed by atoms with E-state index in [0.29, 0.717) is 28.3 Å². The zero-order valence-electron chi connectivity index (χ0n) is 27.1. The fourth-order valence-electron chi connectivity index (χ4n) is 8.55. The third-order valence-electron chi connectivity index (χ3n) is 10.8. The van der Waals surface area contributed by atoms with Crippen molar-refractivity contribution < 1.29 is 55.4 Å². The minimum Gasteiger partial charge on any atom is -0.504 e. The number of nitrogens with zero attached hydrogens (tertiary/aromatic N) is 2. The fourth-order valence-corrected chi connectivity index (χ4v) is 8.55. The van der Waals surface area contributed by atoms with Gasteiger partial charge in [-0.25, -0.2) is 9.80 Å². The molecule has 2 heterocycles. The summed E-state index contributed by atoms with van der Waals surface area (Å²) in [5, 5.41) is 11.5. The SMILES string of the molecule is CCOc1cccc([C@H]2C3=CC[C@@H]4C(=O)N(c5cc(C(F)(F)F)cc(C(F)(F)F)c5)C(=O)[C@@H]4[C@@H]3C[C@H]3C(=O)N(c4ccccc4)C(=O)[C@@]23C)c1O. The summed E-state index contributed by atoms with van der Waals surface area (Å²) in [7, 11) is 0. The zero-order valence-corrected chi connectivity index (χ0v) is 27.1. The third kappa shape index (κ3) is 5.12. The quantitative estimate of drug-likeness (QED) is 0.170. The van der Waals surface area contributed by atoms with Crippen molar-refractivity contribution in [2.45, 2.75) is 45.0 Å². The Kier molecular flexibility index (Phi) is 7.88. The van der Waals surface area contributed by atoms with Crippen LogP contribution in [0.5, 0.6) is 11.5 Å². The highest BCUT2D eigenvalue weighted by atomic mass is 19.4. The number of allylic oxidation sites excluding steroid dienone is 2. The van der Waals surface area contributed by atoms with E-state index < -0.39 is 87.8 Å². The highest BCUT2D eigenvalue weighted by Gasteiger charge is 2.68. The molecule has 2 aliphatic carbocycles. The number of carbonyl (C=O) groups is 4. The van der Waals surface area contributed by atoms with E-state index in [9.17, 15) is 50.6 Å². The number of aromatic hydroxyl groups is 1. The lowest BCUT2D eigenvalue weighted by Gasteiger charge is -2.49. The van der Waals surface area contributed by atoms with E-state index in [1.807, 2.05) is 0 Å². The van der Waals surface area contributed by atoms with Gasteiger partial charge in [0.05, 0.1) is 52.3 Å². The van der Waals surface area contributed by atoms with E-state index >= 15 is 0 Å². The van der Waals surface area contributed by atoms with Crippen LogP contribution in [0.15, 0.2) is 78.4 Å². The molecular weight excluding hydrogens is 682 g/mol. The first-order valence-electron chi connectivity index (χ1n) is 16.3. The molecule has 0 bridgehead atoms. The number of amides is 4. The molecule has 1 saturated carbocycles. The third-order valence-corrected chi connectivity index (χ3v) is 10.8. The van der Waals surface area contributed by atoms with Gasteiger partial charge in [0.1, 0.15) is 0 Å². The molecule has 0 aromatic heterocycles. The van der Waals surface area contributed by atoms with Crippen molar-refractivity contribution in [2.75, 3.05) is 16.4 Å². The maximum absolute atomic E-state index is 14.5. The topological polar surface area (TPSA) is 104 Å². The van der Waals surface area contributed by atoms with Crippen LogP contribution < -0.4 is 14.5 Å². The van der Waals surface area contributed by atoms with Crippen LogP contribution in [0.25, 0.3) is 0 Å². The van der Waals surface area contributed by atoms with Gasteiger partial charge >= 0.3 is 12.4 Å². The zero-order chi connectivity index (χ0) is 36.8. The number of halogens is 6. The van der Waals surface area contributed by atoms with Gasteiger partial charge in [0.25, 0.3) is 0 Å². The van der Waals surface area contributed by atoms with Crippen LogP contribution in [0.4, 0.5) is 37.7 Å². The van der Waals surface area contributed by atoms with E-state index in [-0.39, 0.29) is 42.6 Å². The van der Waals surface area contributed by atoms with Crippen LogP contribution in [0, 0.1) is 29.1 Å². The average molecular weight is 713 g/mol. The van der Waals surface area contributed by atoms with Gasteiger partial charge in [0.2, 0.25) is 23.6 Å². The minimum absolute atomic E-state index is 0.0855. The molecule has 6 atom stereocenters. The molecule has 0 unspecified atom stereocenters. The minimum atomic E-state index is -5.22. The molecule has 3 fully saturated rings. The summed E-state index contributed by atoms with van der Waals surface area (Å²) in [6, 6.07) is 13.5. The second-order valence-electron chi connectivity index (χ2n) is 13.4. The molecule has 2 aliphatic heterocycles. The number of hydrogen-bond donors (Lipinski definition) is 1. The van der Waals surface area contributed by atoms with Crippen LogP contribution in [-0.2, 0) is 31.5 Å². The van der Waals surface area contributed by atoms with Crippen molar-refractivity contribution in [1.29, 1.82) is 0 Å². The molecule has 3 aromatic rings. The monoisotopic (exact) mass is 712 g/mol. The number of phenols is 1. The first-order chi connectivity index (χ1) is 24.0. The number of imide groups is 2. The molecule has 51 heavy (non-hydrogen) atoms. The van der Waals surface area contributed by atoms with Gasteiger partial charge in [-0.1, -0.05) is 42.0 Å². The first kappa shape index (κ1) is 34.3. The number of anilines is 2. The van der Waals surface area contributed by atoms with Crippen molar-refractivity contribution >= 4 is 35.0 Å². The lowest BCUT2D eigenvalue weighted by atomic mass is 9.51. The Bertz CT molecular complexity index is 1980. The molecule has 0 spiro atoms. The van der Waals surface area contributed by atoms with Crippen molar-refractivity contribution in [2.24, 2.45) is 29.1 Å². The summed E-state index contributed by atoms with van der Waals surface area (Å²) in [6.07, 6.45) is -9.04. The lowest BCUT2D eigenvalue weighted by Crippen LogP contribution is -2.48. The van der Waals surface area contributed by atoms with Gasteiger partial charge in [-0.2, -0.15) is 26.3 Å². The maximum atomic E-state index is 14.5. The van der Waals surface area contributed by atoms with E-state index in [2.05, 4.69) is 0 Å². The lowest BCUT2D eigenvalue weighted by molar-refractivity contribution is -0.143. The summed E-state index contributed by atoms with van der Waals surface area (Å²) >= 11 is 0. The van der Waals surface area contributed by atoms with Gasteiger partial charge in [-0.05, 0) is 69.0 Å². The standard InChI is InChI=1S/C37H30F6N2O6/c1-3-51-27-11-7-10-24(30(27)46)29-22-12-13-23-28(25(22)17-26-32(48)45(34(50)35(26,29)2)20-8-5-4-6-9-20)33(49)44(31(23)47)21-15-18(36(38,39)40)14-19(16-21)37(41,42)43/h4-12,14-16,23,25-26,28-29,46H,3,13,17H2,1-2H3/t23-,25+,26-,28-,29+,35+/m0/s1. The Morgan fingerprint density at radius 2 is 1.45 bits per heavy atom. The van der Waals surface area contributed by atoms with E-state index in [0.717, 1.165) is 4.90 Å². The Morgan fingerprint density at radius 3 is 2.06 bits per heavy atom. The Labute approximate surface area is 287 Å². The molecule has 0 radical (unpaired) electrons. The summed E-state index contributed by atoms with van der Waals surface area (Å²) in [5.41, 5.74) is -4.78. The first-order valence-corrected chi connectivity index (χ1v) is 16.3. The van der Waals surface area contributed by atoms with Crippen molar-refractivity contribution in [3.8, 4) is 11.5 Å². The molecular formula is C37H30F6N2O6. The van der Waals surface area contributed by atoms with E-state index in [1.165, 1.54) is 6.07 Å².